The van der Waals surface area contributed by atoms with E-state index < -0.39 is 6.09 Å². The van der Waals surface area contributed by atoms with Crippen LogP contribution in [0.1, 0.15) is 0 Å². The topological polar surface area (TPSA) is 43.8 Å². The third kappa shape index (κ3) is 1.13. The molecule has 0 radical (unpaired) electrons. The van der Waals surface area contributed by atoms with Crippen LogP contribution >= 0.6 is 0 Å². The van der Waals surface area contributed by atoms with Gasteiger partial charge in [0.05, 0.1) is 6.67 Å². The number of carbonyl (C=O) groups is 1. The number of carboxylic acid groups (broad SMARTS) is 1. The first-order valence-corrected chi connectivity index (χ1v) is 2.58. The highest BCUT2D eigenvalue weighted by molar-refractivity contribution is 5.66. The van der Waals surface area contributed by atoms with Crippen molar-refractivity contribution in [2.24, 2.45) is 0 Å². The van der Waals surface area contributed by atoms with Gasteiger partial charge in [0.25, 0.3) is 0 Å². The molecular formula is C5H8N2O2. The third-order valence-corrected chi connectivity index (χ3v) is 1.12. The molecule has 50 valence electrons. The molecule has 9 heavy (non-hydrogen) atoms. The van der Waals surface area contributed by atoms with Crippen molar-refractivity contribution in [2.45, 2.75) is 0 Å². The van der Waals surface area contributed by atoms with E-state index >= 15 is 0 Å². The lowest BCUT2D eigenvalue weighted by Gasteiger charge is -2.11. The van der Waals surface area contributed by atoms with E-state index in [1.807, 2.05) is 7.05 Å². The first-order valence-electron chi connectivity index (χ1n) is 2.58. The maximum atomic E-state index is 10.2. The molecule has 0 saturated carbocycles. The second-order valence-corrected chi connectivity index (χ2v) is 1.95. The van der Waals surface area contributed by atoms with E-state index in [-0.39, 0.29) is 0 Å². The summed E-state index contributed by atoms with van der Waals surface area (Å²) in [5.74, 6) is 0. The fourth-order valence-corrected chi connectivity index (χ4v) is 0.653. The predicted octanol–water partition coefficient (Wildman–Crippen LogP) is 0.340. The van der Waals surface area contributed by atoms with Gasteiger partial charge in [0, 0.05) is 19.4 Å². The average molecular weight is 128 g/mol. The minimum absolute atomic E-state index is 0.440. The summed E-state index contributed by atoms with van der Waals surface area (Å²) in [4.78, 5) is 13.2. The van der Waals surface area contributed by atoms with Crippen LogP contribution in [-0.2, 0) is 0 Å². The van der Waals surface area contributed by atoms with Crippen molar-refractivity contribution in [3.05, 3.63) is 12.4 Å². The largest absolute Gasteiger partial charge is 0.465 e. The summed E-state index contributed by atoms with van der Waals surface area (Å²) in [6.07, 6.45) is 2.34. The van der Waals surface area contributed by atoms with Crippen molar-refractivity contribution in [2.75, 3.05) is 13.7 Å². The molecule has 1 amide bonds. The van der Waals surface area contributed by atoms with Crippen LogP contribution in [0.25, 0.3) is 0 Å². The summed E-state index contributed by atoms with van der Waals surface area (Å²) < 4.78 is 0. The maximum Gasteiger partial charge on any atom is 0.412 e. The first-order chi connectivity index (χ1) is 4.20. The Labute approximate surface area is 53.0 Å². The Morgan fingerprint density at radius 1 is 1.67 bits per heavy atom. The van der Waals surface area contributed by atoms with Crippen LogP contribution in [-0.4, -0.2) is 34.7 Å². The first kappa shape index (κ1) is 5.94. The Morgan fingerprint density at radius 2 is 2.33 bits per heavy atom. The second kappa shape index (κ2) is 1.97. The smallest absolute Gasteiger partial charge is 0.412 e. The Bertz CT molecular complexity index is 155. The van der Waals surface area contributed by atoms with Crippen LogP contribution in [0, 0.1) is 0 Å². The molecule has 4 nitrogen and oxygen atoms in total. The van der Waals surface area contributed by atoms with Gasteiger partial charge in [-0.15, -0.1) is 0 Å². The number of rotatable bonds is 0. The van der Waals surface area contributed by atoms with Crippen molar-refractivity contribution in [1.82, 2.24) is 9.80 Å². The van der Waals surface area contributed by atoms with Gasteiger partial charge in [-0.2, -0.15) is 0 Å². The average Bonchev–Trinajstić information content (AvgIpc) is 2.14. The fourth-order valence-electron chi connectivity index (χ4n) is 0.653. The van der Waals surface area contributed by atoms with E-state index in [1.165, 1.54) is 11.1 Å². The van der Waals surface area contributed by atoms with Crippen molar-refractivity contribution in [3.8, 4) is 0 Å². The zero-order chi connectivity index (χ0) is 6.85. The van der Waals surface area contributed by atoms with Crippen LogP contribution < -0.4 is 0 Å². The van der Waals surface area contributed by atoms with Crippen molar-refractivity contribution < 1.29 is 9.90 Å². The molecular weight excluding hydrogens is 120 g/mol. The molecule has 0 spiro atoms. The normalized spacial score (nSPS) is 17.0. The monoisotopic (exact) mass is 128 g/mol. The van der Waals surface area contributed by atoms with E-state index in [0.29, 0.717) is 6.67 Å². The summed E-state index contributed by atoms with van der Waals surface area (Å²) in [6, 6.07) is 0. The Kier molecular flexibility index (Phi) is 1.30. The fraction of sp³-hybridized carbons (Fsp3) is 0.400. The van der Waals surface area contributed by atoms with E-state index in [4.69, 9.17) is 5.11 Å². The third-order valence-electron chi connectivity index (χ3n) is 1.12. The van der Waals surface area contributed by atoms with Gasteiger partial charge in [-0.3, -0.25) is 4.90 Å². The quantitative estimate of drug-likeness (QED) is 0.511. The van der Waals surface area contributed by atoms with Crippen LogP contribution in [0.15, 0.2) is 12.4 Å². The zero-order valence-electron chi connectivity index (χ0n) is 5.11. The second-order valence-electron chi connectivity index (χ2n) is 1.95. The summed E-state index contributed by atoms with van der Waals surface area (Å²) in [6.45, 7) is 0.440. The Morgan fingerprint density at radius 3 is 2.56 bits per heavy atom. The van der Waals surface area contributed by atoms with E-state index in [1.54, 1.807) is 11.1 Å². The highest BCUT2D eigenvalue weighted by Gasteiger charge is 2.13. The molecule has 0 aromatic heterocycles. The highest BCUT2D eigenvalue weighted by Crippen LogP contribution is 2.02. The van der Waals surface area contributed by atoms with Gasteiger partial charge in [-0.05, 0) is 0 Å². The van der Waals surface area contributed by atoms with Gasteiger partial charge in [0.15, 0.2) is 0 Å². The van der Waals surface area contributed by atoms with Crippen LogP contribution in [0.5, 0.6) is 0 Å². The van der Waals surface area contributed by atoms with Crippen molar-refractivity contribution in [1.29, 1.82) is 0 Å². The molecule has 0 atom stereocenters. The standard InChI is InChI=1S/C5H8N2O2/c1-6-2-3-7(4-6)5(8)9/h2-3H,4H2,1H3,(H,8,9). The number of nitrogens with zero attached hydrogens (tertiary/aromatic N) is 2. The summed E-state index contributed by atoms with van der Waals surface area (Å²) >= 11 is 0. The number of hydrogen-bond donors (Lipinski definition) is 1. The molecule has 0 saturated heterocycles. The van der Waals surface area contributed by atoms with Gasteiger partial charge >= 0.3 is 6.09 Å². The minimum atomic E-state index is -0.907. The molecule has 1 N–H and O–H groups in total. The molecule has 0 aromatic rings. The number of amides is 1. The van der Waals surface area contributed by atoms with Gasteiger partial charge in [0.1, 0.15) is 0 Å². The minimum Gasteiger partial charge on any atom is -0.465 e. The molecule has 4 heteroatoms. The molecule has 1 rings (SSSR count). The Balaban J connectivity index is 2.50. The van der Waals surface area contributed by atoms with Crippen LogP contribution in [0.2, 0.25) is 0 Å². The molecule has 0 unspecified atom stereocenters. The molecule has 0 aliphatic carbocycles. The van der Waals surface area contributed by atoms with Crippen LogP contribution in [0.3, 0.4) is 0 Å². The van der Waals surface area contributed by atoms with Crippen LogP contribution in [0.4, 0.5) is 4.79 Å². The van der Waals surface area contributed by atoms with E-state index in [0.717, 1.165) is 0 Å². The van der Waals surface area contributed by atoms with Gasteiger partial charge in [-0.1, -0.05) is 0 Å². The number of hydrogen-bond acceptors (Lipinski definition) is 2. The van der Waals surface area contributed by atoms with Gasteiger partial charge in [-0.25, -0.2) is 4.79 Å². The molecule has 0 fully saturated rings. The highest BCUT2D eigenvalue weighted by atomic mass is 16.4. The molecule has 0 aromatic carbocycles. The summed E-state index contributed by atoms with van der Waals surface area (Å²) in [5.41, 5.74) is 0. The molecule has 0 bridgehead atoms. The maximum absolute atomic E-state index is 10.2. The van der Waals surface area contributed by atoms with E-state index in [2.05, 4.69) is 0 Å². The van der Waals surface area contributed by atoms with Crippen molar-refractivity contribution in [3.63, 3.8) is 0 Å². The molecule has 1 heterocycles. The van der Waals surface area contributed by atoms with Crippen molar-refractivity contribution >= 4 is 6.09 Å². The van der Waals surface area contributed by atoms with E-state index in [9.17, 15) is 4.79 Å². The lowest BCUT2D eigenvalue weighted by molar-refractivity contribution is 0.156. The van der Waals surface area contributed by atoms with Gasteiger partial charge < -0.3 is 10.0 Å². The lowest BCUT2D eigenvalue weighted by Crippen LogP contribution is -2.26. The molecule has 1 aliphatic rings. The lowest BCUT2D eigenvalue weighted by atomic mass is 10.8. The Hall–Kier alpha value is -1.19. The summed E-state index contributed by atoms with van der Waals surface area (Å²) in [5, 5.41) is 8.38. The SMILES string of the molecule is CN1C=CN(C(=O)O)C1. The van der Waals surface area contributed by atoms with Gasteiger partial charge in [0.2, 0.25) is 0 Å². The zero-order valence-corrected chi connectivity index (χ0v) is 5.11. The summed E-state index contributed by atoms with van der Waals surface area (Å²) in [7, 11) is 1.82. The predicted molar refractivity (Wildman–Crippen MR) is 31.6 cm³/mol. The molecule has 1 aliphatic heterocycles.